The summed E-state index contributed by atoms with van der Waals surface area (Å²) in [6, 6.07) is 13.2. The third kappa shape index (κ3) is 4.46. The zero-order valence-electron chi connectivity index (χ0n) is 14.9. The molecule has 0 saturated carbocycles. The van der Waals surface area contributed by atoms with Gasteiger partial charge >= 0.3 is 5.97 Å². The van der Waals surface area contributed by atoms with Gasteiger partial charge in [-0.2, -0.15) is 0 Å². The topological polar surface area (TPSA) is 63.7 Å². The summed E-state index contributed by atoms with van der Waals surface area (Å²) >= 11 is 0. The van der Waals surface area contributed by atoms with E-state index in [-0.39, 0.29) is 10.5 Å². The highest BCUT2D eigenvalue weighted by Gasteiger charge is 2.19. The highest BCUT2D eigenvalue weighted by atomic mass is 32.2. The maximum atomic E-state index is 12.3. The molecule has 0 amide bonds. The first-order valence-electron chi connectivity index (χ1n) is 8.10. The van der Waals surface area contributed by atoms with Crippen molar-refractivity contribution in [1.29, 1.82) is 0 Å². The molecule has 1 atom stereocenters. The van der Waals surface area contributed by atoms with Gasteiger partial charge in [0, 0.05) is 14.1 Å². The summed E-state index contributed by atoms with van der Waals surface area (Å²) in [6.45, 7) is 4.26. The molecule has 0 aliphatic rings. The molecule has 0 bridgehead atoms. The molecule has 2 aromatic rings. The maximum absolute atomic E-state index is 12.3. The normalized spacial score (nSPS) is 12.8. The van der Waals surface area contributed by atoms with Crippen molar-refractivity contribution in [3.8, 4) is 5.75 Å². The predicted octanol–water partition coefficient (Wildman–Crippen LogP) is 3.67. The van der Waals surface area contributed by atoms with Crippen molar-refractivity contribution in [2.75, 3.05) is 14.1 Å². The van der Waals surface area contributed by atoms with E-state index in [2.05, 4.69) is 13.8 Å². The molecule has 134 valence electrons. The van der Waals surface area contributed by atoms with Crippen molar-refractivity contribution in [1.82, 2.24) is 4.31 Å². The van der Waals surface area contributed by atoms with Crippen LogP contribution in [0.15, 0.2) is 53.4 Å². The molecule has 0 N–H and O–H groups in total. The first-order chi connectivity index (χ1) is 11.8. The lowest BCUT2D eigenvalue weighted by molar-refractivity contribution is 0.0734. The standard InChI is InChI=1S/C19H23NO4S/c1-5-14(2)15-9-11-17(12-10-15)24-19(21)16-7-6-8-18(13-16)25(22,23)20(3)4/h6-14H,5H2,1-4H3/t14-/m1/s1. The Morgan fingerprint density at radius 3 is 2.32 bits per heavy atom. The first kappa shape index (κ1) is 19.1. The van der Waals surface area contributed by atoms with Gasteiger partial charge in [0.15, 0.2) is 0 Å². The minimum absolute atomic E-state index is 0.0547. The molecule has 0 unspecified atom stereocenters. The van der Waals surface area contributed by atoms with Crippen LogP contribution in [-0.4, -0.2) is 32.8 Å². The highest BCUT2D eigenvalue weighted by Crippen LogP contribution is 2.22. The summed E-state index contributed by atoms with van der Waals surface area (Å²) in [5, 5.41) is 0. The van der Waals surface area contributed by atoms with Crippen LogP contribution in [0, 0.1) is 0 Å². The fourth-order valence-corrected chi connectivity index (χ4v) is 3.21. The van der Waals surface area contributed by atoms with E-state index in [4.69, 9.17) is 4.74 Å². The lowest BCUT2D eigenvalue weighted by Gasteiger charge is -2.12. The van der Waals surface area contributed by atoms with E-state index in [9.17, 15) is 13.2 Å². The largest absolute Gasteiger partial charge is 0.423 e. The number of hydrogen-bond acceptors (Lipinski definition) is 4. The molecule has 0 saturated heterocycles. The number of benzene rings is 2. The number of nitrogens with zero attached hydrogens (tertiary/aromatic N) is 1. The van der Waals surface area contributed by atoms with E-state index in [1.165, 1.54) is 43.9 Å². The molecule has 2 rings (SSSR count). The SMILES string of the molecule is CC[C@@H](C)c1ccc(OC(=O)c2cccc(S(=O)(=O)N(C)C)c2)cc1. The molecular weight excluding hydrogens is 338 g/mol. The van der Waals surface area contributed by atoms with E-state index in [1.54, 1.807) is 12.1 Å². The molecule has 0 aliphatic heterocycles. The van der Waals surface area contributed by atoms with Crippen LogP contribution in [0.3, 0.4) is 0 Å². The van der Waals surface area contributed by atoms with Crippen LogP contribution in [0.4, 0.5) is 0 Å². The Hall–Kier alpha value is -2.18. The molecule has 6 heteroatoms. The van der Waals surface area contributed by atoms with E-state index in [1.807, 2.05) is 12.1 Å². The van der Waals surface area contributed by atoms with Gasteiger partial charge < -0.3 is 4.74 Å². The van der Waals surface area contributed by atoms with Gasteiger partial charge in [-0.05, 0) is 48.2 Å². The molecule has 0 aromatic heterocycles. The zero-order chi connectivity index (χ0) is 18.6. The molecule has 0 heterocycles. The number of hydrogen-bond donors (Lipinski definition) is 0. The van der Waals surface area contributed by atoms with Crippen LogP contribution in [-0.2, 0) is 10.0 Å². The second-order valence-electron chi connectivity index (χ2n) is 6.08. The van der Waals surface area contributed by atoms with Crippen LogP contribution in [0.5, 0.6) is 5.75 Å². The monoisotopic (exact) mass is 361 g/mol. The fraction of sp³-hybridized carbons (Fsp3) is 0.316. The average molecular weight is 361 g/mol. The Bertz CT molecular complexity index is 842. The molecule has 0 radical (unpaired) electrons. The highest BCUT2D eigenvalue weighted by molar-refractivity contribution is 7.89. The van der Waals surface area contributed by atoms with Gasteiger partial charge in [0.25, 0.3) is 0 Å². The van der Waals surface area contributed by atoms with Crippen molar-refractivity contribution in [3.63, 3.8) is 0 Å². The van der Waals surface area contributed by atoms with Crippen molar-refractivity contribution >= 4 is 16.0 Å². The van der Waals surface area contributed by atoms with Crippen LogP contribution >= 0.6 is 0 Å². The van der Waals surface area contributed by atoms with E-state index in [0.29, 0.717) is 11.7 Å². The van der Waals surface area contributed by atoms with Crippen molar-refractivity contribution in [3.05, 3.63) is 59.7 Å². The van der Waals surface area contributed by atoms with Gasteiger partial charge in [-0.3, -0.25) is 0 Å². The van der Waals surface area contributed by atoms with Crippen LogP contribution in [0.25, 0.3) is 0 Å². The van der Waals surface area contributed by atoms with Gasteiger partial charge in [-0.25, -0.2) is 17.5 Å². The second-order valence-corrected chi connectivity index (χ2v) is 8.23. The van der Waals surface area contributed by atoms with Crippen molar-refractivity contribution < 1.29 is 17.9 Å². The molecular formula is C19H23NO4S. The maximum Gasteiger partial charge on any atom is 0.343 e. The number of carbonyl (C=O) groups is 1. The number of ether oxygens (including phenoxy) is 1. The molecule has 0 spiro atoms. The van der Waals surface area contributed by atoms with Gasteiger partial charge in [-0.1, -0.05) is 32.0 Å². The van der Waals surface area contributed by atoms with E-state index < -0.39 is 16.0 Å². The Labute approximate surface area is 149 Å². The number of sulfonamides is 1. The summed E-state index contributed by atoms with van der Waals surface area (Å²) in [7, 11) is -0.711. The van der Waals surface area contributed by atoms with Crippen LogP contribution in [0.2, 0.25) is 0 Å². The van der Waals surface area contributed by atoms with Crippen LogP contribution in [0.1, 0.15) is 42.1 Å². The lowest BCUT2D eigenvalue weighted by Crippen LogP contribution is -2.22. The third-order valence-electron chi connectivity index (χ3n) is 4.12. The molecule has 0 aliphatic carbocycles. The van der Waals surface area contributed by atoms with Crippen LogP contribution < -0.4 is 4.74 Å². The van der Waals surface area contributed by atoms with E-state index >= 15 is 0 Å². The predicted molar refractivity (Wildman–Crippen MR) is 97.4 cm³/mol. The van der Waals surface area contributed by atoms with Gasteiger partial charge in [-0.15, -0.1) is 0 Å². The summed E-state index contributed by atoms with van der Waals surface area (Å²) in [5.74, 6) is 0.280. The number of rotatable bonds is 6. The quantitative estimate of drug-likeness (QED) is 0.582. The summed E-state index contributed by atoms with van der Waals surface area (Å²) in [6.07, 6.45) is 1.03. The fourth-order valence-electron chi connectivity index (χ4n) is 2.26. The van der Waals surface area contributed by atoms with Gasteiger partial charge in [0.2, 0.25) is 10.0 Å². The van der Waals surface area contributed by atoms with Crippen molar-refractivity contribution in [2.45, 2.75) is 31.1 Å². The summed E-state index contributed by atoms with van der Waals surface area (Å²) in [4.78, 5) is 12.4. The zero-order valence-corrected chi connectivity index (χ0v) is 15.7. The average Bonchev–Trinajstić information content (AvgIpc) is 2.61. The molecule has 0 fully saturated rings. The Balaban J connectivity index is 2.19. The summed E-state index contributed by atoms with van der Waals surface area (Å²) in [5.41, 5.74) is 1.37. The van der Waals surface area contributed by atoms with Crippen molar-refractivity contribution in [2.24, 2.45) is 0 Å². The van der Waals surface area contributed by atoms with E-state index in [0.717, 1.165) is 10.7 Å². The molecule has 5 nitrogen and oxygen atoms in total. The minimum Gasteiger partial charge on any atom is -0.423 e. The Morgan fingerprint density at radius 2 is 1.76 bits per heavy atom. The molecule has 25 heavy (non-hydrogen) atoms. The second kappa shape index (κ2) is 7.80. The smallest absolute Gasteiger partial charge is 0.343 e. The number of carbonyl (C=O) groups excluding carboxylic acids is 1. The third-order valence-corrected chi connectivity index (χ3v) is 5.93. The molecule has 2 aromatic carbocycles. The van der Waals surface area contributed by atoms with Gasteiger partial charge in [0.1, 0.15) is 5.75 Å². The van der Waals surface area contributed by atoms with Gasteiger partial charge in [0.05, 0.1) is 10.5 Å². The minimum atomic E-state index is -3.60. The first-order valence-corrected chi connectivity index (χ1v) is 9.54. The summed E-state index contributed by atoms with van der Waals surface area (Å²) < 4.78 is 30.8. The Morgan fingerprint density at radius 1 is 1.12 bits per heavy atom. The lowest BCUT2D eigenvalue weighted by atomic mass is 9.99. The number of esters is 1. The Kier molecular flexibility index (Phi) is 5.98.